The highest BCUT2D eigenvalue weighted by atomic mass is 15.1. The summed E-state index contributed by atoms with van der Waals surface area (Å²) in [5, 5.41) is 3.30. The Bertz CT molecular complexity index is 152. The Hall–Kier alpha value is -0.600. The summed E-state index contributed by atoms with van der Waals surface area (Å²) in [6.45, 7) is 9.13. The molecule has 0 radical (unpaired) electrons. The molecule has 0 bridgehead atoms. The van der Waals surface area contributed by atoms with Crippen molar-refractivity contribution in [3.63, 3.8) is 0 Å². The molecule has 0 aromatic heterocycles. The first-order chi connectivity index (χ1) is 5.93. The molecule has 68 valence electrons. The van der Waals surface area contributed by atoms with E-state index in [2.05, 4.69) is 28.9 Å². The second-order valence-electron chi connectivity index (χ2n) is 3.05. The molecular formula is C10H18N2. The molecule has 1 aliphatic heterocycles. The van der Waals surface area contributed by atoms with Crippen LogP contribution in [-0.2, 0) is 0 Å². The molecule has 1 rings (SSSR count). The van der Waals surface area contributed by atoms with Crippen molar-refractivity contribution in [1.29, 1.82) is 0 Å². The molecule has 0 fully saturated rings. The molecule has 2 heteroatoms. The molecule has 2 nitrogen and oxygen atoms in total. The van der Waals surface area contributed by atoms with E-state index in [0.29, 0.717) is 0 Å². The largest absolute Gasteiger partial charge is 0.312 e. The van der Waals surface area contributed by atoms with Gasteiger partial charge in [-0.1, -0.05) is 18.2 Å². The maximum atomic E-state index is 3.66. The maximum Gasteiger partial charge on any atom is 0.0163 e. The van der Waals surface area contributed by atoms with Gasteiger partial charge in [0.25, 0.3) is 0 Å². The van der Waals surface area contributed by atoms with Gasteiger partial charge >= 0.3 is 0 Å². The minimum atomic E-state index is 0.920. The number of nitrogens with one attached hydrogen (secondary N) is 1. The molecule has 0 aliphatic carbocycles. The summed E-state index contributed by atoms with van der Waals surface area (Å²) in [4.78, 5) is 2.45. The lowest BCUT2D eigenvalue weighted by molar-refractivity contribution is 0.299. The second-order valence-corrected chi connectivity index (χ2v) is 3.05. The van der Waals surface area contributed by atoms with Gasteiger partial charge < -0.3 is 5.32 Å². The molecule has 0 amide bonds. The van der Waals surface area contributed by atoms with Crippen LogP contribution in [0.1, 0.15) is 6.42 Å². The molecule has 1 heterocycles. The lowest BCUT2D eigenvalue weighted by atomic mass is 10.2. The fraction of sp³-hybridized carbons (Fsp3) is 0.600. The van der Waals surface area contributed by atoms with Gasteiger partial charge in [-0.25, -0.2) is 0 Å². The molecule has 0 aromatic rings. The Morgan fingerprint density at radius 3 is 3.08 bits per heavy atom. The zero-order valence-electron chi connectivity index (χ0n) is 7.63. The summed E-state index contributed by atoms with van der Waals surface area (Å²) in [7, 11) is 0. The third-order valence-electron chi connectivity index (χ3n) is 2.04. The van der Waals surface area contributed by atoms with Crippen molar-refractivity contribution in [2.24, 2.45) is 0 Å². The summed E-state index contributed by atoms with van der Waals surface area (Å²) in [5.74, 6) is 0. The van der Waals surface area contributed by atoms with Crippen molar-refractivity contribution in [3.8, 4) is 0 Å². The molecule has 0 saturated carbocycles. The summed E-state index contributed by atoms with van der Waals surface area (Å²) in [6, 6.07) is 0. The van der Waals surface area contributed by atoms with Gasteiger partial charge in [-0.15, -0.1) is 6.58 Å². The van der Waals surface area contributed by atoms with Crippen LogP contribution in [0.25, 0.3) is 0 Å². The first kappa shape index (κ1) is 9.49. The Labute approximate surface area is 74.9 Å². The monoisotopic (exact) mass is 166 g/mol. The number of rotatable bonds is 5. The number of hydrogen-bond acceptors (Lipinski definition) is 2. The van der Waals surface area contributed by atoms with Gasteiger partial charge in [-0.2, -0.15) is 0 Å². The molecule has 1 N–H and O–H groups in total. The van der Waals surface area contributed by atoms with Crippen molar-refractivity contribution in [3.05, 3.63) is 24.8 Å². The van der Waals surface area contributed by atoms with Crippen molar-refractivity contribution in [2.45, 2.75) is 6.42 Å². The Morgan fingerprint density at radius 1 is 1.50 bits per heavy atom. The minimum absolute atomic E-state index is 0.920. The third-order valence-corrected chi connectivity index (χ3v) is 2.04. The van der Waals surface area contributed by atoms with Crippen molar-refractivity contribution >= 4 is 0 Å². The van der Waals surface area contributed by atoms with Crippen LogP contribution in [-0.4, -0.2) is 37.6 Å². The SMILES string of the molecule is C=CCNCCN1CC=CCC1. The van der Waals surface area contributed by atoms with Crippen LogP contribution < -0.4 is 5.32 Å². The minimum Gasteiger partial charge on any atom is -0.312 e. The highest BCUT2D eigenvalue weighted by Gasteiger charge is 2.03. The van der Waals surface area contributed by atoms with Crippen LogP contribution in [0.5, 0.6) is 0 Å². The van der Waals surface area contributed by atoms with Crippen LogP contribution in [0.4, 0.5) is 0 Å². The predicted molar refractivity (Wildman–Crippen MR) is 53.3 cm³/mol. The average Bonchev–Trinajstić information content (AvgIpc) is 2.14. The first-order valence-corrected chi connectivity index (χ1v) is 4.62. The quantitative estimate of drug-likeness (QED) is 0.484. The Balaban J connectivity index is 1.99. The summed E-state index contributed by atoms with van der Waals surface area (Å²) < 4.78 is 0. The van der Waals surface area contributed by atoms with E-state index in [1.807, 2.05) is 6.08 Å². The predicted octanol–water partition coefficient (Wildman–Crippen LogP) is 1.02. The van der Waals surface area contributed by atoms with Gasteiger partial charge in [-0.05, 0) is 6.42 Å². The number of hydrogen-bond donors (Lipinski definition) is 1. The lowest BCUT2D eigenvalue weighted by Gasteiger charge is -2.22. The lowest BCUT2D eigenvalue weighted by Crippen LogP contribution is -2.34. The van der Waals surface area contributed by atoms with Crippen LogP contribution in [0.3, 0.4) is 0 Å². The van der Waals surface area contributed by atoms with E-state index in [1.54, 1.807) is 0 Å². The smallest absolute Gasteiger partial charge is 0.0163 e. The van der Waals surface area contributed by atoms with E-state index in [9.17, 15) is 0 Å². The zero-order chi connectivity index (χ0) is 8.65. The van der Waals surface area contributed by atoms with Crippen LogP contribution in [0.2, 0.25) is 0 Å². The van der Waals surface area contributed by atoms with Gasteiger partial charge in [-0.3, -0.25) is 4.90 Å². The molecule has 0 spiro atoms. The zero-order valence-corrected chi connectivity index (χ0v) is 7.63. The molecule has 0 unspecified atom stereocenters. The van der Waals surface area contributed by atoms with Gasteiger partial charge in [0.15, 0.2) is 0 Å². The van der Waals surface area contributed by atoms with E-state index in [1.165, 1.54) is 13.0 Å². The Kier molecular flexibility index (Phi) is 4.73. The van der Waals surface area contributed by atoms with E-state index in [-0.39, 0.29) is 0 Å². The van der Waals surface area contributed by atoms with E-state index in [0.717, 1.165) is 26.2 Å². The van der Waals surface area contributed by atoms with Gasteiger partial charge in [0, 0.05) is 32.7 Å². The summed E-state index contributed by atoms with van der Waals surface area (Å²) in [5.41, 5.74) is 0. The fourth-order valence-electron chi connectivity index (χ4n) is 1.33. The average molecular weight is 166 g/mol. The first-order valence-electron chi connectivity index (χ1n) is 4.62. The Morgan fingerprint density at radius 2 is 2.42 bits per heavy atom. The normalized spacial score (nSPS) is 18.0. The molecule has 12 heavy (non-hydrogen) atoms. The fourth-order valence-corrected chi connectivity index (χ4v) is 1.33. The molecule has 0 saturated heterocycles. The van der Waals surface area contributed by atoms with E-state index >= 15 is 0 Å². The molecule has 1 aliphatic rings. The highest BCUT2D eigenvalue weighted by Crippen LogP contribution is 1.98. The third kappa shape index (κ3) is 3.69. The van der Waals surface area contributed by atoms with E-state index < -0.39 is 0 Å². The molecule has 0 aromatic carbocycles. The molecular weight excluding hydrogens is 148 g/mol. The standard InChI is InChI=1S/C10H18N2/c1-2-6-11-7-10-12-8-4-3-5-9-12/h2-4,11H,1,5-10H2. The highest BCUT2D eigenvalue weighted by molar-refractivity contribution is 4.90. The summed E-state index contributed by atoms with van der Waals surface area (Å²) >= 11 is 0. The van der Waals surface area contributed by atoms with Gasteiger partial charge in [0.1, 0.15) is 0 Å². The maximum absolute atomic E-state index is 3.66. The van der Waals surface area contributed by atoms with E-state index in [4.69, 9.17) is 0 Å². The van der Waals surface area contributed by atoms with Crippen LogP contribution in [0, 0.1) is 0 Å². The van der Waals surface area contributed by atoms with Crippen LogP contribution >= 0.6 is 0 Å². The number of nitrogens with zero attached hydrogens (tertiary/aromatic N) is 1. The van der Waals surface area contributed by atoms with Crippen molar-refractivity contribution < 1.29 is 0 Å². The second kappa shape index (κ2) is 5.98. The summed E-state index contributed by atoms with van der Waals surface area (Å²) in [6.07, 6.45) is 7.61. The van der Waals surface area contributed by atoms with Gasteiger partial charge in [0.2, 0.25) is 0 Å². The van der Waals surface area contributed by atoms with Crippen molar-refractivity contribution in [1.82, 2.24) is 10.2 Å². The van der Waals surface area contributed by atoms with Gasteiger partial charge in [0.05, 0.1) is 0 Å². The van der Waals surface area contributed by atoms with Crippen molar-refractivity contribution in [2.75, 3.05) is 32.7 Å². The molecule has 0 atom stereocenters. The topological polar surface area (TPSA) is 15.3 Å². The van der Waals surface area contributed by atoms with Crippen LogP contribution in [0.15, 0.2) is 24.8 Å².